The van der Waals surface area contributed by atoms with E-state index < -0.39 is 0 Å². The van der Waals surface area contributed by atoms with Crippen LogP contribution in [0, 0.1) is 0 Å². The number of hydrogen-bond acceptors (Lipinski definition) is 3. The molecule has 1 heterocycles. The van der Waals surface area contributed by atoms with Gasteiger partial charge in [-0.2, -0.15) is 0 Å². The molecule has 1 aliphatic heterocycles. The molecule has 1 N–H and O–H groups in total. The Morgan fingerprint density at radius 1 is 1.91 bits per heavy atom. The van der Waals surface area contributed by atoms with E-state index in [1.807, 2.05) is 0 Å². The number of ketones is 1. The Kier molecular flexibility index (Phi) is 2.65. The number of allylic oxidation sites excluding steroid dienone is 2. The van der Waals surface area contributed by atoms with Crippen LogP contribution in [-0.4, -0.2) is 23.6 Å². The Hall–Kier alpha value is -0.830. The molecule has 3 nitrogen and oxygen atoms in total. The fourth-order valence-electron chi connectivity index (χ4n) is 1.10. The molecule has 0 bridgehead atoms. The summed E-state index contributed by atoms with van der Waals surface area (Å²) in [6.45, 7) is 1.53. The van der Waals surface area contributed by atoms with E-state index in [2.05, 4.69) is 0 Å². The van der Waals surface area contributed by atoms with Gasteiger partial charge in [0.2, 0.25) is 0 Å². The van der Waals surface area contributed by atoms with Crippen molar-refractivity contribution in [3.63, 3.8) is 0 Å². The highest BCUT2D eigenvalue weighted by atomic mass is 16.5. The highest BCUT2D eigenvalue weighted by Gasteiger charge is 2.19. The molecule has 3 heteroatoms. The van der Waals surface area contributed by atoms with Crippen LogP contribution in [0.2, 0.25) is 0 Å². The molecule has 1 fully saturated rings. The third-order valence-corrected chi connectivity index (χ3v) is 1.60. The van der Waals surface area contributed by atoms with Crippen LogP contribution in [0.4, 0.5) is 0 Å². The number of aliphatic hydroxyl groups excluding tert-OH is 1. The van der Waals surface area contributed by atoms with Crippen molar-refractivity contribution >= 4 is 5.78 Å². The second-order valence-corrected chi connectivity index (χ2v) is 2.68. The lowest BCUT2D eigenvalue weighted by molar-refractivity contribution is -0.112. The Bertz CT molecular complexity index is 184. The molecular weight excluding hydrogens is 144 g/mol. The molecule has 62 valence electrons. The molecule has 0 aromatic rings. The second kappa shape index (κ2) is 3.53. The van der Waals surface area contributed by atoms with Crippen molar-refractivity contribution < 1.29 is 14.6 Å². The SMILES string of the molecule is CC(=O)/C=C1/CC[C@H](CO)O1. The van der Waals surface area contributed by atoms with E-state index in [-0.39, 0.29) is 18.5 Å². The Morgan fingerprint density at radius 3 is 3.09 bits per heavy atom. The van der Waals surface area contributed by atoms with Crippen LogP contribution in [0.15, 0.2) is 11.8 Å². The van der Waals surface area contributed by atoms with Gasteiger partial charge in [0.25, 0.3) is 0 Å². The van der Waals surface area contributed by atoms with E-state index in [9.17, 15) is 4.79 Å². The van der Waals surface area contributed by atoms with Crippen molar-refractivity contribution in [1.29, 1.82) is 0 Å². The van der Waals surface area contributed by atoms with E-state index >= 15 is 0 Å². The lowest BCUT2D eigenvalue weighted by Crippen LogP contribution is -2.09. The Balaban J connectivity index is 2.47. The zero-order valence-corrected chi connectivity index (χ0v) is 6.54. The Labute approximate surface area is 65.7 Å². The predicted molar refractivity (Wildman–Crippen MR) is 40.0 cm³/mol. The van der Waals surface area contributed by atoms with Gasteiger partial charge in [0.05, 0.1) is 6.61 Å². The summed E-state index contributed by atoms with van der Waals surface area (Å²) < 4.78 is 5.21. The average molecular weight is 156 g/mol. The fourth-order valence-corrected chi connectivity index (χ4v) is 1.10. The average Bonchev–Trinajstić information content (AvgIpc) is 2.34. The van der Waals surface area contributed by atoms with Crippen molar-refractivity contribution in [3.8, 4) is 0 Å². The maximum atomic E-state index is 10.6. The number of carbonyl (C=O) groups is 1. The molecule has 0 saturated carbocycles. The first kappa shape index (κ1) is 8.27. The van der Waals surface area contributed by atoms with Crippen LogP contribution >= 0.6 is 0 Å². The van der Waals surface area contributed by atoms with Gasteiger partial charge in [-0.25, -0.2) is 0 Å². The summed E-state index contributed by atoms with van der Waals surface area (Å²) in [7, 11) is 0. The molecule has 1 saturated heterocycles. The molecule has 0 aromatic heterocycles. The highest BCUT2D eigenvalue weighted by Crippen LogP contribution is 2.22. The van der Waals surface area contributed by atoms with Crippen molar-refractivity contribution in [2.24, 2.45) is 0 Å². The summed E-state index contributed by atoms with van der Waals surface area (Å²) in [5.41, 5.74) is 0. The molecule has 1 rings (SSSR count). The van der Waals surface area contributed by atoms with Crippen LogP contribution in [-0.2, 0) is 9.53 Å². The van der Waals surface area contributed by atoms with Crippen LogP contribution in [0.5, 0.6) is 0 Å². The third-order valence-electron chi connectivity index (χ3n) is 1.60. The van der Waals surface area contributed by atoms with E-state index in [0.29, 0.717) is 5.76 Å². The molecule has 0 amide bonds. The Morgan fingerprint density at radius 2 is 2.64 bits per heavy atom. The maximum absolute atomic E-state index is 10.6. The van der Waals surface area contributed by atoms with Gasteiger partial charge in [-0.15, -0.1) is 0 Å². The van der Waals surface area contributed by atoms with Crippen molar-refractivity contribution in [2.75, 3.05) is 6.61 Å². The highest BCUT2D eigenvalue weighted by molar-refractivity contribution is 5.87. The largest absolute Gasteiger partial charge is 0.492 e. The molecule has 0 spiro atoms. The van der Waals surface area contributed by atoms with E-state index in [1.165, 1.54) is 13.0 Å². The molecule has 1 aliphatic rings. The van der Waals surface area contributed by atoms with Crippen molar-refractivity contribution in [2.45, 2.75) is 25.9 Å². The summed E-state index contributed by atoms with van der Waals surface area (Å²) in [6, 6.07) is 0. The standard InChI is InChI=1S/C8H12O3/c1-6(10)4-7-2-3-8(5-9)11-7/h4,8-9H,2-3,5H2,1H3/b7-4-/t8-/m1/s1. The number of rotatable bonds is 2. The number of ether oxygens (including phenoxy) is 1. The maximum Gasteiger partial charge on any atom is 0.155 e. The summed E-state index contributed by atoms with van der Waals surface area (Å²) in [5.74, 6) is 0.704. The van der Waals surface area contributed by atoms with Crippen molar-refractivity contribution in [3.05, 3.63) is 11.8 Å². The molecule has 0 unspecified atom stereocenters. The predicted octanol–water partition coefficient (Wildman–Crippen LogP) is 0.631. The van der Waals surface area contributed by atoms with E-state index in [1.54, 1.807) is 0 Å². The zero-order valence-electron chi connectivity index (χ0n) is 6.54. The van der Waals surface area contributed by atoms with Crippen LogP contribution in [0.25, 0.3) is 0 Å². The molecular formula is C8H12O3. The smallest absolute Gasteiger partial charge is 0.155 e. The summed E-state index contributed by atoms with van der Waals surface area (Å²) >= 11 is 0. The normalized spacial score (nSPS) is 27.1. The van der Waals surface area contributed by atoms with Gasteiger partial charge < -0.3 is 9.84 Å². The lowest BCUT2D eigenvalue weighted by Gasteiger charge is -2.04. The van der Waals surface area contributed by atoms with E-state index in [4.69, 9.17) is 9.84 Å². The summed E-state index contributed by atoms with van der Waals surface area (Å²) in [4.78, 5) is 10.6. The molecule has 0 radical (unpaired) electrons. The van der Waals surface area contributed by atoms with Gasteiger partial charge in [-0.1, -0.05) is 0 Å². The van der Waals surface area contributed by atoms with Gasteiger partial charge >= 0.3 is 0 Å². The first-order chi connectivity index (χ1) is 5.22. The molecule has 11 heavy (non-hydrogen) atoms. The zero-order chi connectivity index (χ0) is 8.27. The monoisotopic (exact) mass is 156 g/mol. The molecule has 1 atom stereocenters. The first-order valence-corrected chi connectivity index (χ1v) is 3.71. The van der Waals surface area contributed by atoms with Gasteiger partial charge in [-0.3, -0.25) is 4.79 Å². The van der Waals surface area contributed by atoms with Gasteiger partial charge in [0, 0.05) is 12.5 Å². The van der Waals surface area contributed by atoms with Crippen LogP contribution in [0.1, 0.15) is 19.8 Å². The van der Waals surface area contributed by atoms with Gasteiger partial charge in [-0.05, 0) is 13.3 Å². The quantitative estimate of drug-likeness (QED) is 0.596. The number of carbonyl (C=O) groups excluding carboxylic acids is 1. The molecule has 0 aliphatic carbocycles. The van der Waals surface area contributed by atoms with Crippen molar-refractivity contribution in [1.82, 2.24) is 0 Å². The molecule has 0 aromatic carbocycles. The van der Waals surface area contributed by atoms with Crippen LogP contribution < -0.4 is 0 Å². The topological polar surface area (TPSA) is 46.5 Å². The minimum absolute atomic E-state index is 0.00131. The van der Waals surface area contributed by atoms with Crippen LogP contribution in [0.3, 0.4) is 0 Å². The minimum atomic E-state index is -0.0967. The number of aliphatic hydroxyl groups is 1. The van der Waals surface area contributed by atoms with Gasteiger partial charge in [0.1, 0.15) is 11.9 Å². The third kappa shape index (κ3) is 2.35. The lowest BCUT2D eigenvalue weighted by atomic mass is 10.2. The number of hydrogen-bond donors (Lipinski definition) is 1. The summed E-state index contributed by atoms with van der Waals surface area (Å²) in [5, 5.41) is 8.68. The second-order valence-electron chi connectivity index (χ2n) is 2.68. The fraction of sp³-hybridized carbons (Fsp3) is 0.625. The van der Waals surface area contributed by atoms with Gasteiger partial charge in [0.15, 0.2) is 5.78 Å². The minimum Gasteiger partial charge on any atom is -0.492 e. The first-order valence-electron chi connectivity index (χ1n) is 3.71. The van der Waals surface area contributed by atoms with E-state index in [0.717, 1.165) is 12.8 Å². The summed E-state index contributed by atoms with van der Waals surface area (Å²) in [6.07, 6.45) is 2.97.